The molecule has 4 fully saturated rings. The van der Waals surface area contributed by atoms with Gasteiger partial charge in [0, 0.05) is 4.47 Å². The fourth-order valence-corrected chi connectivity index (χ4v) is 6.51. The monoisotopic (exact) mass is 925 g/mol. The molecule has 0 aromatic heterocycles. The molecule has 4 aliphatic rings. The van der Waals surface area contributed by atoms with Crippen LogP contribution in [-0.4, -0.2) is 83.6 Å². The second kappa shape index (κ2) is 18.0. The van der Waals surface area contributed by atoms with E-state index in [1.807, 2.05) is 159 Å². The van der Waals surface area contributed by atoms with Gasteiger partial charge in [0.25, 0.3) is 0 Å². The first-order valence-electron chi connectivity index (χ1n) is 21.8. The third-order valence-corrected chi connectivity index (χ3v) is 13.1. The van der Waals surface area contributed by atoms with Gasteiger partial charge in [0.2, 0.25) is 0 Å². The Kier molecular flexibility index (Phi) is 15.1. The van der Waals surface area contributed by atoms with Crippen molar-refractivity contribution in [1.82, 2.24) is 10.6 Å². The quantitative estimate of drug-likeness (QED) is 0.209. The van der Waals surface area contributed by atoms with Crippen LogP contribution in [0.3, 0.4) is 0 Å². The molecular weight excluding hydrogens is 853 g/mol. The van der Waals surface area contributed by atoms with Crippen LogP contribution in [0.2, 0.25) is 0 Å². The highest BCUT2D eigenvalue weighted by Gasteiger charge is 2.54. The number of halogens is 1. The fraction of sp³-hybridized carbons (Fsp3) is 0.696. The van der Waals surface area contributed by atoms with Crippen LogP contribution in [0.25, 0.3) is 0 Å². The second-order valence-electron chi connectivity index (χ2n) is 22.1. The number of ether oxygens (including phenoxy) is 2. The number of carbonyl (C=O) groups excluding carboxylic acids is 2. The Bertz CT molecular complexity index is 1830. The van der Waals surface area contributed by atoms with Gasteiger partial charge in [0.15, 0.2) is 0 Å². The summed E-state index contributed by atoms with van der Waals surface area (Å²) in [6.07, 6.45) is 3.05. The minimum Gasteiger partial charge on any atom is -0.444 e. The molecule has 16 heteroatoms. The van der Waals surface area contributed by atoms with E-state index in [9.17, 15) is 14.7 Å². The molecule has 0 unspecified atom stereocenters. The number of aliphatic hydroxyl groups is 1. The summed E-state index contributed by atoms with van der Waals surface area (Å²) in [6, 6.07) is 16.2. The van der Waals surface area contributed by atoms with E-state index in [0.29, 0.717) is 0 Å². The Hall–Kier alpha value is -2.59. The van der Waals surface area contributed by atoms with E-state index >= 15 is 0 Å². The summed E-state index contributed by atoms with van der Waals surface area (Å²) in [7, 11) is 0.633. The number of nitrogens with one attached hydrogen (secondary N) is 2. The zero-order valence-electron chi connectivity index (χ0n) is 40.7. The molecule has 2 aliphatic carbocycles. The SMILES string of the molecule is CC(C)(C)OC(=O)NC1(c2ccc(B3OC(C)(C)C(C)(C)O3)cc2)CC1.CC(C)(C)OC(=O)NC1(c2ccc(Br)cc2)CC1.CC(C)(O)C(C)(C)O[B]B1OC(C)(C)C(C)(C)O1. The number of carbonyl (C=O) groups is 2. The van der Waals surface area contributed by atoms with Crippen molar-refractivity contribution < 1.29 is 47.4 Å². The number of benzene rings is 2. The first-order chi connectivity index (χ1) is 27.9. The molecule has 2 aromatic rings. The van der Waals surface area contributed by atoms with E-state index in [-0.39, 0.29) is 52.8 Å². The zero-order valence-corrected chi connectivity index (χ0v) is 42.3. The lowest BCUT2D eigenvalue weighted by molar-refractivity contribution is -0.0894. The van der Waals surface area contributed by atoms with Crippen molar-refractivity contribution in [2.24, 2.45) is 0 Å². The first-order valence-corrected chi connectivity index (χ1v) is 22.6. The van der Waals surface area contributed by atoms with E-state index in [4.69, 9.17) is 32.7 Å². The molecule has 0 bridgehead atoms. The topological polar surface area (TPSA) is 143 Å². The third kappa shape index (κ3) is 13.5. The van der Waals surface area contributed by atoms with Gasteiger partial charge in [0.1, 0.15) is 11.2 Å². The van der Waals surface area contributed by atoms with Crippen molar-refractivity contribution in [1.29, 1.82) is 0 Å². The maximum atomic E-state index is 12.1. The van der Waals surface area contributed by atoms with E-state index in [1.54, 1.807) is 13.8 Å². The largest absolute Gasteiger partial charge is 0.494 e. The van der Waals surface area contributed by atoms with Gasteiger partial charge < -0.3 is 48.5 Å². The first kappa shape index (κ1) is 52.0. The minimum atomic E-state index is -0.951. The van der Waals surface area contributed by atoms with Gasteiger partial charge in [-0.05, 0) is 179 Å². The van der Waals surface area contributed by atoms with Gasteiger partial charge in [-0.1, -0.05) is 52.3 Å². The van der Waals surface area contributed by atoms with E-state index < -0.39 is 29.4 Å². The Morgan fingerprint density at radius 2 is 0.952 bits per heavy atom. The predicted octanol–water partition coefficient (Wildman–Crippen LogP) is 9.22. The Morgan fingerprint density at radius 1 is 0.613 bits per heavy atom. The normalized spacial score (nSPS) is 21.3. The Morgan fingerprint density at radius 3 is 1.27 bits per heavy atom. The molecule has 2 saturated carbocycles. The zero-order chi connectivity index (χ0) is 47.2. The lowest BCUT2D eigenvalue weighted by Crippen LogP contribution is -2.50. The smallest absolute Gasteiger partial charge is 0.444 e. The van der Waals surface area contributed by atoms with Crippen LogP contribution in [-0.2, 0) is 43.8 Å². The molecule has 343 valence electrons. The number of hydrogen-bond donors (Lipinski definition) is 3. The van der Waals surface area contributed by atoms with E-state index in [1.165, 1.54) is 7.37 Å². The van der Waals surface area contributed by atoms with E-state index in [0.717, 1.165) is 46.7 Å². The molecule has 2 aliphatic heterocycles. The summed E-state index contributed by atoms with van der Waals surface area (Å²) in [5.74, 6) is 0. The van der Waals surface area contributed by atoms with Gasteiger partial charge in [-0.2, -0.15) is 0 Å². The van der Waals surface area contributed by atoms with Crippen molar-refractivity contribution >= 4 is 55.1 Å². The number of alkyl carbamates (subject to hydrolysis) is 2. The molecule has 3 N–H and O–H groups in total. The molecule has 2 saturated heterocycles. The molecule has 0 atom stereocenters. The van der Waals surface area contributed by atoms with Crippen molar-refractivity contribution in [2.75, 3.05) is 0 Å². The summed E-state index contributed by atoms with van der Waals surface area (Å²) in [4.78, 5) is 23.9. The highest BCUT2D eigenvalue weighted by molar-refractivity contribution is 9.10. The van der Waals surface area contributed by atoms with Crippen molar-refractivity contribution in [2.45, 2.75) is 206 Å². The van der Waals surface area contributed by atoms with Crippen molar-refractivity contribution in [3.63, 3.8) is 0 Å². The average Bonchev–Trinajstić information content (AvgIpc) is 4.00. The van der Waals surface area contributed by atoms with Crippen LogP contribution in [0.5, 0.6) is 0 Å². The lowest BCUT2D eigenvalue weighted by Gasteiger charge is -2.37. The van der Waals surface area contributed by atoms with Gasteiger partial charge in [-0.25, -0.2) is 9.59 Å². The highest BCUT2D eigenvalue weighted by Crippen LogP contribution is 2.47. The number of amides is 2. The standard InChI is InChI=1S/C20H30BNO4.C14H18BrNO2.C12H25B2O4/c1-17(2,3)24-16(23)22-20(12-13-20)14-8-10-15(11-9-14)21-25-18(4,5)19(6,7)26-21;1-13(2,3)18-12(17)16-14(8-9-14)10-4-6-11(15)7-5-10;1-9(2,15)10(3,4)16-13-14-17-11(5,6)12(7,8)18-14/h8-11H,12-13H2,1-7H3,(H,22,23);4-7H,8-9H2,1-3H3,(H,16,17);15H,1-8H3. The molecule has 62 heavy (non-hydrogen) atoms. The maximum Gasteiger partial charge on any atom is 0.494 e. The summed E-state index contributed by atoms with van der Waals surface area (Å²) >= 11 is 3.41. The fourth-order valence-electron chi connectivity index (χ4n) is 6.24. The highest BCUT2D eigenvalue weighted by atomic mass is 79.9. The van der Waals surface area contributed by atoms with Gasteiger partial charge in [0.05, 0.1) is 44.7 Å². The summed E-state index contributed by atoms with van der Waals surface area (Å²) in [5.41, 5.74) is -1.41. The second-order valence-corrected chi connectivity index (χ2v) is 23.0. The molecule has 2 amide bonds. The van der Waals surface area contributed by atoms with Gasteiger partial charge in [-0.15, -0.1) is 0 Å². The van der Waals surface area contributed by atoms with Crippen LogP contribution >= 0.6 is 15.9 Å². The van der Waals surface area contributed by atoms with E-state index in [2.05, 4.69) is 26.6 Å². The van der Waals surface area contributed by atoms with Crippen LogP contribution in [0, 0.1) is 0 Å². The minimum absolute atomic E-state index is 0.219. The molecule has 6 rings (SSSR count). The molecule has 2 aromatic carbocycles. The number of rotatable bonds is 9. The van der Waals surface area contributed by atoms with Gasteiger partial charge in [-0.3, -0.25) is 0 Å². The molecule has 1 radical (unpaired) electrons. The molecule has 12 nitrogen and oxygen atoms in total. The van der Waals surface area contributed by atoms with Crippen LogP contribution in [0.15, 0.2) is 53.0 Å². The number of hydrogen-bond acceptors (Lipinski definition) is 10. The summed E-state index contributed by atoms with van der Waals surface area (Å²) in [6.45, 7) is 34.4. The molecular formula is C46H73B3BrN2O10. The van der Waals surface area contributed by atoms with Crippen LogP contribution in [0.4, 0.5) is 9.59 Å². The maximum absolute atomic E-state index is 12.1. The molecule has 2 heterocycles. The lowest BCUT2D eigenvalue weighted by atomic mass is 9.55. The van der Waals surface area contributed by atoms with Crippen LogP contribution < -0.4 is 16.1 Å². The summed E-state index contributed by atoms with van der Waals surface area (Å²) in [5, 5.41) is 16.0. The molecule has 0 spiro atoms. The van der Waals surface area contributed by atoms with Crippen molar-refractivity contribution in [3.8, 4) is 0 Å². The van der Waals surface area contributed by atoms with Crippen LogP contribution in [0.1, 0.15) is 161 Å². The van der Waals surface area contributed by atoms with Crippen molar-refractivity contribution in [3.05, 3.63) is 64.1 Å². The Labute approximate surface area is 382 Å². The third-order valence-electron chi connectivity index (χ3n) is 12.6. The van der Waals surface area contributed by atoms with Gasteiger partial charge >= 0.3 is 33.7 Å². The Balaban J connectivity index is 0.000000210. The summed E-state index contributed by atoms with van der Waals surface area (Å²) < 4.78 is 41.1. The predicted molar refractivity (Wildman–Crippen MR) is 250 cm³/mol. The average molecular weight is 926 g/mol.